The molecule has 0 saturated heterocycles. The molecule has 2 aromatic carbocycles. The van der Waals surface area contributed by atoms with Crippen molar-refractivity contribution in [2.75, 3.05) is 0 Å². The molecule has 36 heavy (non-hydrogen) atoms. The maximum absolute atomic E-state index is 14.7. The van der Waals surface area contributed by atoms with Crippen molar-refractivity contribution >= 4 is 50.9 Å². The van der Waals surface area contributed by atoms with Crippen molar-refractivity contribution in [2.24, 2.45) is 0 Å². The Kier molecular flexibility index (Phi) is 5.63. The van der Waals surface area contributed by atoms with Crippen molar-refractivity contribution in [1.82, 2.24) is 20.3 Å². The number of pyridine rings is 2. The molecule has 6 nitrogen and oxygen atoms in total. The molecule has 0 saturated carbocycles. The first-order chi connectivity index (χ1) is 17.4. The van der Waals surface area contributed by atoms with E-state index >= 15 is 0 Å². The Morgan fingerprint density at radius 1 is 1.17 bits per heavy atom. The number of nitrogens with zero attached hydrogens (tertiary/aromatic N) is 2. The second kappa shape index (κ2) is 8.85. The zero-order chi connectivity index (χ0) is 25.0. The van der Waals surface area contributed by atoms with E-state index in [2.05, 4.69) is 20.3 Å². The van der Waals surface area contributed by atoms with E-state index < -0.39 is 11.9 Å². The van der Waals surface area contributed by atoms with Gasteiger partial charge in [-0.2, -0.15) is 0 Å². The molecular weight excluding hydrogens is 502 g/mol. The smallest absolute Gasteiger partial charge is 0.253 e. The van der Waals surface area contributed by atoms with Crippen LogP contribution in [0.5, 0.6) is 0 Å². The highest BCUT2D eigenvalue weighted by Crippen LogP contribution is 2.36. The number of ether oxygens (including phenoxy) is 1. The third-order valence-corrected chi connectivity index (χ3v) is 6.99. The normalized spacial score (nSPS) is 15.8. The van der Waals surface area contributed by atoms with Gasteiger partial charge in [0.05, 0.1) is 39.5 Å². The average molecular weight is 521 g/mol. The van der Waals surface area contributed by atoms with Gasteiger partial charge < -0.3 is 15.0 Å². The number of carbonyl (C=O) groups is 1. The summed E-state index contributed by atoms with van der Waals surface area (Å²) in [6.07, 6.45) is 4.35. The number of aromatic nitrogens is 3. The fraction of sp³-hybridized carbons (Fsp3) is 0.148. The predicted molar refractivity (Wildman–Crippen MR) is 137 cm³/mol. The van der Waals surface area contributed by atoms with Crippen LogP contribution < -0.4 is 5.32 Å². The Bertz CT molecular complexity index is 1670. The third-order valence-electron chi connectivity index (χ3n) is 6.47. The monoisotopic (exact) mass is 520 g/mol. The molecule has 2 N–H and O–H groups in total. The van der Waals surface area contributed by atoms with Gasteiger partial charge in [0.1, 0.15) is 11.9 Å². The van der Waals surface area contributed by atoms with Crippen molar-refractivity contribution < 1.29 is 13.9 Å². The standard InChI is InChI=1S/C27H19Cl2FN4O2/c1-13(18-7-19-21(29)11-33-24(19)8-22(18)30)34-27(35)16-6-20-25(31-9-16)12-36-26(20)14-2-3-23-15(4-14)5-17(28)10-32-23/h2-11,13,26,33H,12H2,1H3,(H,34,35). The van der Waals surface area contributed by atoms with Crippen LogP contribution in [0.25, 0.3) is 21.8 Å². The summed E-state index contributed by atoms with van der Waals surface area (Å²) in [5.74, 6) is -0.794. The van der Waals surface area contributed by atoms with E-state index in [4.69, 9.17) is 27.9 Å². The molecule has 3 aromatic heterocycles. The molecule has 0 spiro atoms. The summed E-state index contributed by atoms with van der Waals surface area (Å²) < 4.78 is 20.8. The molecule has 2 unspecified atom stereocenters. The Morgan fingerprint density at radius 3 is 2.89 bits per heavy atom. The number of fused-ring (bicyclic) bond motifs is 3. The summed E-state index contributed by atoms with van der Waals surface area (Å²) in [6.45, 7) is 2.07. The van der Waals surface area contributed by atoms with Crippen LogP contribution in [0.3, 0.4) is 0 Å². The number of carbonyl (C=O) groups excluding carboxylic acids is 1. The van der Waals surface area contributed by atoms with Crippen molar-refractivity contribution in [3.8, 4) is 0 Å². The fourth-order valence-corrected chi connectivity index (χ4v) is 4.99. The number of H-pyrrole nitrogens is 1. The van der Waals surface area contributed by atoms with Gasteiger partial charge in [0.15, 0.2) is 0 Å². The van der Waals surface area contributed by atoms with E-state index in [0.29, 0.717) is 38.7 Å². The molecular formula is C27H19Cl2FN4O2. The minimum atomic E-state index is -0.592. The van der Waals surface area contributed by atoms with Crippen molar-refractivity contribution in [1.29, 1.82) is 0 Å². The molecule has 0 aliphatic carbocycles. The summed E-state index contributed by atoms with van der Waals surface area (Å²) in [7, 11) is 0. The Balaban J connectivity index is 1.27. The molecule has 0 bridgehead atoms. The van der Waals surface area contributed by atoms with E-state index in [0.717, 1.165) is 27.7 Å². The van der Waals surface area contributed by atoms with E-state index in [9.17, 15) is 9.18 Å². The summed E-state index contributed by atoms with van der Waals surface area (Å²) >= 11 is 12.3. The molecule has 6 rings (SSSR count). The van der Waals surface area contributed by atoms with Crippen LogP contribution in [0, 0.1) is 5.82 Å². The zero-order valence-corrected chi connectivity index (χ0v) is 20.5. The molecule has 4 heterocycles. The first kappa shape index (κ1) is 22.9. The fourth-order valence-electron chi connectivity index (χ4n) is 4.61. The van der Waals surface area contributed by atoms with E-state index in [1.54, 1.807) is 31.5 Å². The lowest BCUT2D eigenvalue weighted by atomic mass is 9.99. The van der Waals surface area contributed by atoms with Gasteiger partial charge in [-0.3, -0.25) is 14.8 Å². The molecule has 1 aliphatic rings. The molecule has 9 heteroatoms. The number of halogens is 3. The van der Waals surface area contributed by atoms with Crippen LogP contribution in [0.15, 0.2) is 61.1 Å². The minimum absolute atomic E-state index is 0.340. The zero-order valence-electron chi connectivity index (χ0n) is 19.0. The maximum Gasteiger partial charge on any atom is 0.253 e. The number of nitrogens with one attached hydrogen (secondary N) is 2. The first-order valence-electron chi connectivity index (χ1n) is 11.3. The second-order valence-corrected chi connectivity index (χ2v) is 9.65. The Morgan fingerprint density at radius 2 is 2.03 bits per heavy atom. The molecule has 0 fully saturated rings. The molecule has 1 amide bonds. The van der Waals surface area contributed by atoms with Crippen molar-refractivity contribution in [3.05, 3.63) is 105 Å². The number of benzene rings is 2. The molecule has 1 aliphatic heterocycles. The van der Waals surface area contributed by atoms with Crippen LogP contribution in [-0.2, 0) is 11.3 Å². The van der Waals surface area contributed by atoms with Crippen LogP contribution in [0.2, 0.25) is 10.0 Å². The predicted octanol–water partition coefficient (Wildman–Crippen LogP) is 6.67. The minimum Gasteiger partial charge on any atom is -0.362 e. The van der Waals surface area contributed by atoms with E-state index in [1.165, 1.54) is 12.3 Å². The van der Waals surface area contributed by atoms with Gasteiger partial charge in [-0.05, 0) is 48.9 Å². The van der Waals surface area contributed by atoms with Crippen LogP contribution in [-0.4, -0.2) is 20.9 Å². The molecule has 5 aromatic rings. The maximum atomic E-state index is 14.7. The summed E-state index contributed by atoms with van der Waals surface area (Å²) in [5.41, 5.74) is 4.63. The van der Waals surface area contributed by atoms with E-state index in [1.807, 2.05) is 24.3 Å². The van der Waals surface area contributed by atoms with Crippen LogP contribution in [0.4, 0.5) is 4.39 Å². The number of rotatable bonds is 4. The van der Waals surface area contributed by atoms with Crippen LogP contribution >= 0.6 is 23.2 Å². The largest absolute Gasteiger partial charge is 0.362 e. The van der Waals surface area contributed by atoms with Gasteiger partial charge in [0, 0.05) is 46.0 Å². The van der Waals surface area contributed by atoms with Gasteiger partial charge in [0.2, 0.25) is 0 Å². The van der Waals surface area contributed by atoms with Gasteiger partial charge in [0.25, 0.3) is 5.91 Å². The highest BCUT2D eigenvalue weighted by atomic mass is 35.5. The van der Waals surface area contributed by atoms with Crippen molar-refractivity contribution in [2.45, 2.75) is 25.7 Å². The summed E-state index contributed by atoms with van der Waals surface area (Å²) in [6, 6.07) is 11.9. The quantitative estimate of drug-likeness (QED) is 0.277. The SMILES string of the molecule is CC(NC(=O)c1cnc2c(c1)C(c1ccc3ncc(Cl)cc3c1)OC2)c1cc2c(Cl)c[nH]c2cc1F. The Hall–Kier alpha value is -3.52. The summed E-state index contributed by atoms with van der Waals surface area (Å²) in [5, 5.41) is 5.51. The van der Waals surface area contributed by atoms with Gasteiger partial charge >= 0.3 is 0 Å². The summed E-state index contributed by atoms with van der Waals surface area (Å²) in [4.78, 5) is 24.8. The molecule has 0 radical (unpaired) electrons. The van der Waals surface area contributed by atoms with Gasteiger partial charge in [-0.25, -0.2) is 4.39 Å². The lowest BCUT2D eigenvalue weighted by Crippen LogP contribution is -2.27. The topological polar surface area (TPSA) is 79.9 Å². The number of hydrogen-bond donors (Lipinski definition) is 2. The first-order valence-corrected chi connectivity index (χ1v) is 12.1. The molecule has 180 valence electrons. The van der Waals surface area contributed by atoms with E-state index in [-0.39, 0.29) is 12.0 Å². The second-order valence-electron chi connectivity index (χ2n) is 8.81. The number of aromatic amines is 1. The number of hydrogen-bond acceptors (Lipinski definition) is 4. The number of amides is 1. The highest BCUT2D eigenvalue weighted by molar-refractivity contribution is 6.35. The van der Waals surface area contributed by atoms with Crippen molar-refractivity contribution in [3.63, 3.8) is 0 Å². The lowest BCUT2D eigenvalue weighted by molar-refractivity contribution is 0.0927. The Labute approximate surface area is 215 Å². The highest BCUT2D eigenvalue weighted by Gasteiger charge is 2.28. The lowest BCUT2D eigenvalue weighted by Gasteiger charge is -2.16. The third kappa shape index (κ3) is 3.99. The van der Waals surface area contributed by atoms with Crippen LogP contribution in [0.1, 0.15) is 51.8 Å². The van der Waals surface area contributed by atoms with Gasteiger partial charge in [-0.15, -0.1) is 0 Å². The average Bonchev–Trinajstić information content (AvgIpc) is 3.45. The molecule has 2 atom stereocenters. The van der Waals surface area contributed by atoms with Gasteiger partial charge in [-0.1, -0.05) is 29.3 Å².